The minimum Gasteiger partial charge on any atom is -0.490 e. The number of hydrogen-bond acceptors (Lipinski definition) is 4. The molecular weight excluding hydrogens is 336 g/mol. The van der Waals surface area contributed by atoms with Crippen molar-refractivity contribution >= 4 is 11.0 Å². The van der Waals surface area contributed by atoms with Crippen molar-refractivity contribution in [2.45, 2.75) is 32.7 Å². The minimum atomic E-state index is -0.431. The average Bonchev–Trinajstić information content (AvgIpc) is 3.00. The second kappa shape index (κ2) is 7.42. The summed E-state index contributed by atoms with van der Waals surface area (Å²) in [5.41, 5.74) is 10.4. The van der Waals surface area contributed by atoms with E-state index in [2.05, 4.69) is 24.9 Å². The second-order valence-electron chi connectivity index (χ2n) is 7.88. The minimum absolute atomic E-state index is 0.372. The van der Waals surface area contributed by atoms with Crippen LogP contribution in [0.25, 0.3) is 22.2 Å². The first-order valence-corrected chi connectivity index (χ1v) is 9.17. The zero-order valence-corrected chi connectivity index (χ0v) is 16.4. The van der Waals surface area contributed by atoms with E-state index in [-0.39, 0.29) is 0 Å². The van der Waals surface area contributed by atoms with Gasteiger partial charge in [0.15, 0.2) is 0 Å². The molecule has 0 saturated carbocycles. The summed E-state index contributed by atoms with van der Waals surface area (Å²) in [6.45, 7) is 6.63. The largest absolute Gasteiger partial charge is 0.490 e. The van der Waals surface area contributed by atoms with Crippen LogP contribution in [0.5, 0.6) is 5.75 Å². The molecule has 2 aromatic heterocycles. The zero-order chi connectivity index (χ0) is 19.6. The van der Waals surface area contributed by atoms with Crippen LogP contribution in [-0.2, 0) is 7.05 Å². The Labute approximate surface area is 160 Å². The van der Waals surface area contributed by atoms with Crippen molar-refractivity contribution in [2.75, 3.05) is 6.61 Å². The Bertz CT molecular complexity index is 995. The van der Waals surface area contributed by atoms with E-state index in [4.69, 9.17) is 10.5 Å². The van der Waals surface area contributed by atoms with Crippen LogP contribution < -0.4 is 10.5 Å². The summed E-state index contributed by atoms with van der Waals surface area (Å²) in [5, 5.41) is 9.61. The van der Waals surface area contributed by atoms with Crippen LogP contribution in [0.1, 0.15) is 32.8 Å². The van der Waals surface area contributed by atoms with E-state index in [0.717, 1.165) is 28.6 Å². The van der Waals surface area contributed by atoms with Crippen molar-refractivity contribution in [2.24, 2.45) is 18.7 Å². The fourth-order valence-corrected chi connectivity index (χ4v) is 3.60. The van der Waals surface area contributed by atoms with Crippen LogP contribution in [0.3, 0.4) is 0 Å². The molecule has 0 fully saturated rings. The molecule has 5 nitrogen and oxygen atoms in total. The molecule has 3 rings (SSSR count). The van der Waals surface area contributed by atoms with E-state index in [1.165, 1.54) is 0 Å². The molecule has 2 heterocycles. The lowest BCUT2D eigenvalue weighted by Crippen LogP contribution is -2.43. The molecule has 0 amide bonds. The monoisotopic (exact) mass is 362 g/mol. The Kier molecular flexibility index (Phi) is 5.20. The van der Waals surface area contributed by atoms with Crippen molar-refractivity contribution in [3.8, 4) is 22.9 Å². The number of rotatable bonds is 6. The van der Waals surface area contributed by atoms with E-state index in [0.29, 0.717) is 23.8 Å². The van der Waals surface area contributed by atoms with Gasteiger partial charge in [-0.25, -0.2) is 0 Å². The van der Waals surface area contributed by atoms with Gasteiger partial charge in [0.05, 0.1) is 16.6 Å². The van der Waals surface area contributed by atoms with Crippen molar-refractivity contribution in [1.82, 2.24) is 9.55 Å². The molecule has 3 aromatic rings. The van der Waals surface area contributed by atoms with Crippen LogP contribution in [0, 0.1) is 17.2 Å². The maximum Gasteiger partial charge on any atom is 0.137 e. The number of nitriles is 1. The molecule has 0 saturated heterocycles. The average molecular weight is 362 g/mol. The van der Waals surface area contributed by atoms with Gasteiger partial charge in [-0.2, -0.15) is 5.26 Å². The first kappa shape index (κ1) is 18.9. The fraction of sp³-hybridized carbons (Fsp3) is 0.364. The Morgan fingerprint density at radius 1 is 1.30 bits per heavy atom. The quantitative estimate of drug-likeness (QED) is 0.711. The molecule has 140 valence electrons. The van der Waals surface area contributed by atoms with Gasteiger partial charge in [0.1, 0.15) is 18.4 Å². The molecule has 27 heavy (non-hydrogen) atoms. The SMILES string of the molecule is CC(C)CC(C)(N)COc1ccc(-c2ccnc3ccn(C)c23)cc1C#N. The molecule has 1 atom stereocenters. The van der Waals surface area contributed by atoms with Crippen LogP contribution in [0.2, 0.25) is 0 Å². The van der Waals surface area contributed by atoms with E-state index >= 15 is 0 Å². The summed E-state index contributed by atoms with van der Waals surface area (Å²) in [6, 6.07) is 11.9. The van der Waals surface area contributed by atoms with E-state index in [9.17, 15) is 5.26 Å². The van der Waals surface area contributed by atoms with Gasteiger partial charge in [0.2, 0.25) is 0 Å². The molecular formula is C22H26N4O. The molecule has 5 heteroatoms. The third-order valence-electron chi connectivity index (χ3n) is 4.60. The Balaban J connectivity index is 1.91. The highest BCUT2D eigenvalue weighted by atomic mass is 16.5. The summed E-state index contributed by atoms with van der Waals surface area (Å²) in [4.78, 5) is 4.40. The summed E-state index contributed by atoms with van der Waals surface area (Å²) in [6.07, 6.45) is 4.63. The van der Waals surface area contributed by atoms with Gasteiger partial charge < -0.3 is 15.0 Å². The van der Waals surface area contributed by atoms with Gasteiger partial charge in [0.25, 0.3) is 0 Å². The summed E-state index contributed by atoms with van der Waals surface area (Å²) in [7, 11) is 1.99. The van der Waals surface area contributed by atoms with E-state index in [1.807, 2.05) is 55.1 Å². The second-order valence-corrected chi connectivity index (χ2v) is 7.88. The molecule has 0 bridgehead atoms. The van der Waals surface area contributed by atoms with Crippen LogP contribution in [0.4, 0.5) is 0 Å². The van der Waals surface area contributed by atoms with Gasteiger partial charge in [0, 0.05) is 30.5 Å². The lowest BCUT2D eigenvalue weighted by molar-refractivity contribution is 0.206. The highest BCUT2D eigenvalue weighted by molar-refractivity contribution is 5.92. The number of ether oxygens (including phenoxy) is 1. The van der Waals surface area contributed by atoms with Gasteiger partial charge >= 0.3 is 0 Å². The van der Waals surface area contributed by atoms with Crippen molar-refractivity contribution in [3.63, 3.8) is 0 Å². The van der Waals surface area contributed by atoms with Crippen LogP contribution in [0.15, 0.2) is 42.7 Å². The van der Waals surface area contributed by atoms with Crippen LogP contribution in [-0.4, -0.2) is 21.7 Å². The van der Waals surface area contributed by atoms with E-state index < -0.39 is 5.54 Å². The van der Waals surface area contributed by atoms with Crippen molar-refractivity contribution in [1.29, 1.82) is 5.26 Å². The van der Waals surface area contributed by atoms with Gasteiger partial charge in [-0.05, 0) is 49.1 Å². The van der Waals surface area contributed by atoms with Gasteiger partial charge in [-0.1, -0.05) is 19.9 Å². The summed E-state index contributed by atoms with van der Waals surface area (Å²) >= 11 is 0. The number of aromatic nitrogens is 2. The van der Waals surface area contributed by atoms with E-state index in [1.54, 1.807) is 6.20 Å². The molecule has 0 aliphatic carbocycles. The van der Waals surface area contributed by atoms with Crippen LogP contribution >= 0.6 is 0 Å². The molecule has 0 spiro atoms. The number of hydrogen-bond donors (Lipinski definition) is 1. The number of fused-ring (bicyclic) bond motifs is 1. The predicted octanol–water partition coefficient (Wildman–Crippen LogP) is 4.25. The maximum absolute atomic E-state index is 9.61. The number of nitrogens with two attached hydrogens (primary N) is 1. The highest BCUT2D eigenvalue weighted by Crippen LogP contribution is 2.31. The van der Waals surface area contributed by atoms with Gasteiger partial charge in [-0.15, -0.1) is 0 Å². The third kappa shape index (κ3) is 4.12. The lowest BCUT2D eigenvalue weighted by Gasteiger charge is -2.26. The normalized spacial score (nSPS) is 13.5. The molecule has 1 unspecified atom stereocenters. The van der Waals surface area contributed by atoms with Crippen molar-refractivity contribution in [3.05, 3.63) is 48.3 Å². The first-order chi connectivity index (χ1) is 12.8. The molecule has 0 aliphatic heterocycles. The number of benzene rings is 1. The first-order valence-electron chi connectivity index (χ1n) is 9.17. The predicted molar refractivity (Wildman–Crippen MR) is 108 cm³/mol. The fourth-order valence-electron chi connectivity index (χ4n) is 3.60. The molecule has 1 aromatic carbocycles. The van der Waals surface area contributed by atoms with Crippen molar-refractivity contribution < 1.29 is 4.74 Å². The summed E-state index contributed by atoms with van der Waals surface area (Å²) in [5.74, 6) is 1.06. The number of pyridine rings is 1. The molecule has 2 N–H and O–H groups in total. The maximum atomic E-state index is 9.61. The standard InChI is InChI=1S/C22H26N4O/c1-15(2)12-22(3,24)14-27-20-6-5-16(11-17(20)13-23)18-7-9-25-19-8-10-26(4)21(18)19/h5-11,15H,12,14,24H2,1-4H3. The Hall–Kier alpha value is -2.84. The van der Waals surface area contributed by atoms with Gasteiger partial charge in [-0.3, -0.25) is 4.98 Å². The topological polar surface area (TPSA) is 76.9 Å². The molecule has 0 radical (unpaired) electrons. The third-order valence-corrected chi connectivity index (χ3v) is 4.60. The smallest absolute Gasteiger partial charge is 0.137 e. The highest BCUT2D eigenvalue weighted by Gasteiger charge is 2.22. The summed E-state index contributed by atoms with van der Waals surface area (Å²) < 4.78 is 7.96. The lowest BCUT2D eigenvalue weighted by atomic mass is 9.93. The molecule has 0 aliphatic rings. The Morgan fingerprint density at radius 3 is 2.78 bits per heavy atom. The number of aryl methyl sites for hydroxylation is 1. The number of nitrogens with zero attached hydrogens (tertiary/aromatic N) is 3. The Morgan fingerprint density at radius 2 is 2.07 bits per heavy atom. The zero-order valence-electron chi connectivity index (χ0n) is 16.4.